The predicted octanol–water partition coefficient (Wildman–Crippen LogP) is 3.82. The molecule has 158 valence electrons. The summed E-state index contributed by atoms with van der Waals surface area (Å²) in [7, 11) is -2.61. The standard InChI is InChI=1S/C18H16ClN3O6S2/c1-10-16(19)18(28-20-10)22-30(23,24)15-5-6-29-17(15)12(21-25-2)7-11-3-4-13-14(8-11)27-9-26-13/h3-6,8,22H,7,9H2,1-2H3/b21-12+. The van der Waals surface area contributed by atoms with E-state index in [1.807, 2.05) is 12.1 Å². The van der Waals surface area contributed by atoms with Gasteiger partial charge in [0, 0.05) is 6.42 Å². The van der Waals surface area contributed by atoms with E-state index in [1.54, 1.807) is 18.4 Å². The summed E-state index contributed by atoms with van der Waals surface area (Å²) < 4.78 is 44.0. The van der Waals surface area contributed by atoms with Crippen molar-refractivity contribution >= 4 is 44.6 Å². The summed E-state index contributed by atoms with van der Waals surface area (Å²) in [6.45, 7) is 1.77. The normalized spacial score (nSPS) is 13.5. The van der Waals surface area contributed by atoms with Gasteiger partial charge in [-0.2, -0.15) is 0 Å². The van der Waals surface area contributed by atoms with Crippen molar-refractivity contribution < 1.29 is 27.3 Å². The number of nitrogens with zero attached hydrogens (tertiary/aromatic N) is 2. The van der Waals surface area contributed by atoms with Crippen LogP contribution in [-0.2, 0) is 21.3 Å². The second kappa shape index (κ2) is 8.17. The molecule has 0 bridgehead atoms. The first-order chi connectivity index (χ1) is 14.4. The first kappa shape index (κ1) is 20.5. The molecule has 3 aromatic rings. The molecule has 3 heterocycles. The number of nitrogens with one attached hydrogen (secondary N) is 1. The fraction of sp³-hybridized carbons (Fsp3) is 0.222. The Labute approximate surface area is 181 Å². The van der Waals surface area contributed by atoms with Gasteiger partial charge < -0.3 is 18.8 Å². The second-order valence-electron chi connectivity index (χ2n) is 6.22. The zero-order valence-electron chi connectivity index (χ0n) is 15.8. The topological polar surface area (TPSA) is 112 Å². The Morgan fingerprint density at radius 3 is 2.87 bits per heavy atom. The van der Waals surface area contributed by atoms with E-state index >= 15 is 0 Å². The van der Waals surface area contributed by atoms with Crippen LogP contribution in [0.15, 0.2) is 44.2 Å². The smallest absolute Gasteiger partial charge is 0.265 e. The van der Waals surface area contributed by atoms with Crippen molar-refractivity contribution in [3.8, 4) is 11.5 Å². The van der Waals surface area contributed by atoms with Crippen molar-refractivity contribution in [2.45, 2.75) is 18.2 Å². The third kappa shape index (κ3) is 3.95. The number of fused-ring (bicyclic) bond motifs is 1. The molecule has 1 aliphatic heterocycles. The summed E-state index contributed by atoms with van der Waals surface area (Å²) in [5.74, 6) is 1.14. The molecule has 12 heteroatoms. The van der Waals surface area contributed by atoms with E-state index in [1.165, 1.54) is 24.5 Å². The molecular formula is C18H16ClN3O6S2. The Hall–Kier alpha value is -2.76. The van der Waals surface area contributed by atoms with Gasteiger partial charge in [0.15, 0.2) is 11.5 Å². The molecule has 0 aliphatic carbocycles. The average molecular weight is 470 g/mol. The molecule has 0 spiro atoms. The molecule has 0 saturated heterocycles. The van der Waals surface area contributed by atoms with Gasteiger partial charge >= 0.3 is 0 Å². The van der Waals surface area contributed by atoms with E-state index in [9.17, 15) is 8.42 Å². The summed E-state index contributed by atoms with van der Waals surface area (Å²) >= 11 is 7.26. The molecule has 2 aromatic heterocycles. The first-order valence-corrected chi connectivity index (χ1v) is 11.3. The average Bonchev–Trinajstić information content (AvgIpc) is 3.44. The molecule has 1 aliphatic rings. The summed E-state index contributed by atoms with van der Waals surface area (Å²) in [5, 5.41) is 9.47. The van der Waals surface area contributed by atoms with Gasteiger partial charge in [-0.3, -0.25) is 0 Å². The Morgan fingerprint density at radius 2 is 2.13 bits per heavy atom. The minimum atomic E-state index is -4.01. The maximum absolute atomic E-state index is 13.0. The number of ether oxygens (including phenoxy) is 2. The summed E-state index contributed by atoms with van der Waals surface area (Å²) in [5.41, 5.74) is 1.67. The maximum atomic E-state index is 13.0. The summed E-state index contributed by atoms with van der Waals surface area (Å²) in [6.07, 6.45) is 0.315. The minimum absolute atomic E-state index is 0.0224. The molecule has 4 rings (SSSR count). The number of hydrogen-bond donors (Lipinski definition) is 1. The quantitative estimate of drug-likeness (QED) is 0.413. The number of halogens is 1. The third-order valence-corrected chi connectivity index (χ3v) is 7.12. The van der Waals surface area contributed by atoms with Crippen LogP contribution in [-0.4, -0.2) is 33.2 Å². The van der Waals surface area contributed by atoms with Crippen LogP contribution in [0.3, 0.4) is 0 Å². The van der Waals surface area contributed by atoms with Crippen molar-refractivity contribution in [2.75, 3.05) is 18.6 Å². The highest BCUT2D eigenvalue weighted by molar-refractivity contribution is 7.93. The molecule has 9 nitrogen and oxygen atoms in total. The number of aromatic nitrogens is 1. The largest absolute Gasteiger partial charge is 0.454 e. The van der Waals surface area contributed by atoms with E-state index in [0.29, 0.717) is 34.2 Å². The Kier molecular flexibility index (Phi) is 5.58. The molecule has 0 atom stereocenters. The Balaban J connectivity index is 1.65. The summed E-state index contributed by atoms with van der Waals surface area (Å²) in [6, 6.07) is 6.95. The highest BCUT2D eigenvalue weighted by Crippen LogP contribution is 2.34. The molecule has 30 heavy (non-hydrogen) atoms. The van der Waals surface area contributed by atoms with Gasteiger partial charge in [0.05, 0.1) is 4.88 Å². The van der Waals surface area contributed by atoms with Gasteiger partial charge in [-0.05, 0) is 36.1 Å². The molecule has 0 unspecified atom stereocenters. The lowest BCUT2D eigenvalue weighted by Crippen LogP contribution is -2.16. The zero-order chi connectivity index (χ0) is 21.3. The zero-order valence-corrected chi connectivity index (χ0v) is 18.2. The van der Waals surface area contributed by atoms with Crippen molar-refractivity contribution in [1.82, 2.24) is 5.16 Å². The van der Waals surface area contributed by atoms with E-state index in [-0.39, 0.29) is 22.6 Å². The fourth-order valence-corrected chi connectivity index (χ4v) is 5.43. The van der Waals surface area contributed by atoms with Gasteiger partial charge in [-0.1, -0.05) is 28.0 Å². The van der Waals surface area contributed by atoms with Crippen LogP contribution >= 0.6 is 22.9 Å². The number of sulfonamides is 1. The van der Waals surface area contributed by atoms with Crippen LogP contribution < -0.4 is 14.2 Å². The molecule has 0 radical (unpaired) electrons. The van der Waals surface area contributed by atoms with Gasteiger partial charge in [0.2, 0.25) is 6.79 Å². The Morgan fingerprint density at radius 1 is 1.33 bits per heavy atom. The van der Waals surface area contributed by atoms with Crippen LogP contribution in [0.5, 0.6) is 11.5 Å². The van der Waals surface area contributed by atoms with Crippen molar-refractivity contribution in [3.05, 3.63) is 50.8 Å². The van der Waals surface area contributed by atoms with Crippen molar-refractivity contribution in [3.63, 3.8) is 0 Å². The van der Waals surface area contributed by atoms with Crippen LogP contribution in [0, 0.1) is 6.92 Å². The van der Waals surface area contributed by atoms with Crippen LogP contribution in [0.1, 0.15) is 16.1 Å². The van der Waals surface area contributed by atoms with Crippen LogP contribution in [0.2, 0.25) is 5.02 Å². The van der Waals surface area contributed by atoms with Gasteiger partial charge in [-0.25, -0.2) is 13.1 Å². The van der Waals surface area contributed by atoms with Crippen molar-refractivity contribution in [1.29, 1.82) is 0 Å². The van der Waals surface area contributed by atoms with Gasteiger partial charge in [-0.15, -0.1) is 11.3 Å². The number of oxime groups is 1. The summed E-state index contributed by atoms with van der Waals surface area (Å²) in [4.78, 5) is 5.42. The first-order valence-electron chi connectivity index (χ1n) is 8.60. The molecule has 0 saturated carbocycles. The monoisotopic (exact) mass is 469 g/mol. The highest BCUT2D eigenvalue weighted by Gasteiger charge is 2.27. The molecule has 1 N–H and O–H groups in total. The lowest BCUT2D eigenvalue weighted by Gasteiger charge is -2.09. The molecular weight excluding hydrogens is 454 g/mol. The van der Waals surface area contributed by atoms with E-state index in [2.05, 4.69) is 15.0 Å². The maximum Gasteiger partial charge on any atom is 0.265 e. The van der Waals surface area contributed by atoms with E-state index in [4.69, 9.17) is 30.4 Å². The van der Waals surface area contributed by atoms with Crippen LogP contribution in [0.4, 0.5) is 5.88 Å². The van der Waals surface area contributed by atoms with Gasteiger partial charge in [0.1, 0.15) is 28.4 Å². The molecule has 0 amide bonds. The Bertz CT molecular complexity index is 1220. The highest BCUT2D eigenvalue weighted by atomic mass is 35.5. The number of anilines is 1. The predicted molar refractivity (Wildman–Crippen MR) is 111 cm³/mol. The number of hydrogen-bond acceptors (Lipinski definition) is 9. The molecule has 1 aromatic carbocycles. The van der Waals surface area contributed by atoms with E-state index in [0.717, 1.165) is 5.56 Å². The number of benzene rings is 1. The second-order valence-corrected chi connectivity index (χ2v) is 9.16. The van der Waals surface area contributed by atoms with Crippen LogP contribution in [0.25, 0.3) is 0 Å². The molecule has 0 fully saturated rings. The minimum Gasteiger partial charge on any atom is -0.454 e. The number of thiophene rings is 1. The lowest BCUT2D eigenvalue weighted by molar-refractivity contribution is 0.174. The number of aryl methyl sites for hydroxylation is 1. The van der Waals surface area contributed by atoms with E-state index < -0.39 is 10.0 Å². The lowest BCUT2D eigenvalue weighted by atomic mass is 10.1. The SMILES string of the molecule is CO/N=C(\Cc1ccc2c(c1)OCO2)c1sccc1S(=O)(=O)Nc1onc(C)c1Cl. The van der Waals surface area contributed by atoms with Gasteiger partial charge in [0.25, 0.3) is 15.9 Å². The van der Waals surface area contributed by atoms with Crippen molar-refractivity contribution in [2.24, 2.45) is 5.16 Å². The third-order valence-electron chi connectivity index (χ3n) is 4.21. The number of rotatable bonds is 7. The fourth-order valence-electron chi connectivity index (χ4n) is 2.83.